The number of hydrogen-bond acceptors (Lipinski definition) is 19. The van der Waals surface area contributed by atoms with Gasteiger partial charge in [-0.15, -0.1) is 0 Å². The van der Waals surface area contributed by atoms with Crippen LogP contribution in [0.3, 0.4) is 0 Å². The second-order valence-corrected chi connectivity index (χ2v) is 19.1. The van der Waals surface area contributed by atoms with Gasteiger partial charge >= 0.3 is 5.97 Å². The summed E-state index contributed by atoms with van der Waals surface area (Å²) in [6.07, 6.45) is 5.65. The number of nitrogens with zero attached hydrogens (tertiary/aromatic N) is 2. The van der Waals surface area contributed by atoms with E-state index in [0.717, 1.165) is 31.0 Å². The normalized spacial score (nSPS) is 12.0. The SMILES string of the molecule is O=C(O)CC(NC(=O)C(CNC(=O)CCOCCOCCOCCOCCOCCOCCOCCOCCOCCOCCOCCOCCNC(=O)c1ccc([18F])nc1)CC(=O)CCCCCc1ccccn1)c1cc(Cl)cc(Cl)c1. The fourth-order valence-electron chi connectivity index (χ4n) is 7.34. The molecule has 1 aromatic carbocycles. The van der Waals surface area contributed by atoms with Gasteiger partial charge in [-0.25, -0.2) is 4.98 Å². The molecule has 3 aromatic rings. The third-order valence-electron chi connectivity index (χ3n) is 11.6. The summed E-state index contributed by atoms with van der Waals surface area (Å²) in [7, 11) is 0. The van der Waals surface area contributed by atoms with E-state index in [1.54, 1.807) is 6.20 Å². The number of ether oxygens (including phenoxy) is 12. The van der Waals surface area contributed by atoms with E-state index in [4.69, 9.17) is 80.0 Å². The van der Waals surface area contributed by atoms with Crippen LogP contribution in [0.2, 0.25) is 10.0 Å². The minimum absolute atomic E-state index is 0.00546. The lowest BCUT2D eigenvalue weighted by molar-refractivity contribution is -0.138. The number of carbonyl (C=O) groups is 5. The van der Waals surface area contributed by atoms with E-state index < -0.39 is 36.2 Å². The molecule has 0 saturated heterocycles. The molecule has 23 nitrogen and oxygen atoms in total. The molecule has 3 amide bonds. The lowest BCUT2D eigenvalue weighted by Crippen LogP contribution is -2.42. The first-order chi connectivity index (χ1) is 40.5. The summed E-state index contributed by atoms with van der Waals surface area (Å²) in [5.41, 5.74) is 1.65. The minimum atomic E-state index is -1.17. The molecule has 0 aliphatic rings. The molecule has 0 aliphatic heterocycles. The van der Waals surface area contributed by atoms with Gasteiger partial charge in [0, 0.05) is 60.5 Å². The van der Waals surface area contributed by atoms with E-state index in [1.165, 1.54) is 30.5 Å². The van der Waals surface area contributed by atoms with E-state index in [9.17, 15) is 33.5 Å². The van der Waals surface area contributed by atoms with Crippen molar-refractivity contribution in [3.8, 4) is 0 Å². The number of aromatic nitrogens is 2. The molecule has 2 unspecified atom stereocenters. The lowest BCUT2D eigenvalue weighted by Gasteiger charge is -2.23. The van der Waals surface area contributed by atoms with Gasteiger partial charge in [-0.05, 0) is 67.3 Å². The number of aryl methyl sites for hydroxylation is 1. The van der Waals surface area contributed by atoms with Gasteiger partial charge in [-0.3, -0.25) is 29.0 Å². The van der Waals surface area contributed by atoms with E-state index in [0.29, 0.717) is 164 Å². The van der Waals surface area contributed by atoms with Gasteiger partial charge in [0.2, 0.25) is 17.8 Å². The lowest BCUT2D eigenvalue weighted by atomic mass is 9.96. The van der Waals surface area contributed by atoms with Crippen molar-refractivity contribution in [1.29, 1.82) is 0 Å². The Balaban J connectivity index is 1.05. The van der Waals surface area contributed by atoms with Crippen LogP contribution < -0.4 is 16.0 Å². The fourth-order valence-corrected chi connectivity index (χ4v) is 7.88. The predicted octanol–water partition coefficient (Wildman–Crippen LogP) is 5.07. The Hall–Kier alpha value is -4.90. The summed E-state index contributed by atoms with van der Waals surface area (Å²) < 4.78 is 78.8. The Labute approximate surface area is 495 Å². The summed E-state index contributed by atoms with van der Waals surface area (Å²) in [4.78, 5) is 71.0. The standard InChI is InChI=1S/C57H84Cl2FN5O18/c58-48-38-46(39-49(59)41-48)52(42-55(68)69)65-57(71)47(40-51(66)8-3-1-2-6-50-7-4-5-12-61-50)44-64-54(67)11-14-72-16-18-74-20-22-76-24-26-78-28-30-80-32-34-82-36-37-83-35-33-81-31-29-79-27-25-77-23-21-75-19-17-73-15-13-62-56(70)45-9-10-53(60)63-43-45/h4-5,7,9-10,12,38-39,41,43,47,52H,1-3,6,8,11,13-37,40,42,44H2,(H,62,70)(H,64,67)(H,65,71)(H,68,69)/i60-1. The summed E-state index contributed by atoms with van der Waals surface area (Å²) in [6, 6.07) is 11.8. The Morgan fingerprint density at radius 2 is 1.01 bits per heavy atom. The van der Waals surface area contributed by atoms with Gasteiger partial charge in [0.25, 0.3) is 5.91 Å². The number of pyridine rings is 2. The number of hydrogen-bond donors (Lipinski definition) is 4. The number of amides is 3. The van der Waals surface area contributed by atoms with Crippen molar-refractivity contribution < 1.29 is 90.3 Å². The van der Waals surface area contributed by atoms with E-state index in [1.807, 2.05) is 18.2 Å². The third kappa shape index (κ3) is 40.1. The van der Waals surface area contributed by atoms with Crippen LogP contribution in [0.1, 0.15) is 72.6 Å². The van der Waals surface area contributed by atoms with Gasteiger partial charge in [-0.1, -0.05) is 35.7 Å². The first kappa shape index (κ1) is 72.4. The predicted molar refractivity (Wildman–Crippen MR) is 303 cm³/mol. The first-order valence-electron chi connectivity index (χ1n) is 28.0. The van der Waals surface area contributed by atoms with Gasteiger partial charge < -0.3 is 77.9 Å². The zero-order chi connectivity index (χ0) is 59.6. The highest BCUT2D eigenvalue weighted by atomic mass is 35.5. The van der Waals surface area contributed by atoms with Crippen LogP contribution in [0.4, 0.5) is 4.39 Å². The highest BCUT2D eigenvalue weighted by Gasteiger charge is 2.27. The first-order valence-corrected chi connectivity index (χ1v) is 28.7. The smallest absolute Gasteiger partial charge is 0.305 e. The minimum Gasteiger partial charge on any atom is -0.481 e. The Morgan fingerprint density at radius 1 is 0.530 bits per heavy atom. The number of carboxylic acids is 1. The zero-order valence-electron chi connectivity index (χ0n) is 47.4. The van der Waals surface area contributed by atoms with Crippen molar-refractivity contribution in [1.82, 2.24) is 25.9 Å². The molecule has 0 radical (unpaired) electrons. The molecule has 0 bridgehead atoms. The van der Waals surface area contributed by atoms with Gasteiger partial charge in [-0.2, -0.15) is 4.39 Å². The van der Waals surface area contributed by atoms with Crippen LogP contribution in [0, 0.1) is 11.9 Å². The number of aliphatic carboxylic acids is 1. The average molecular weight is 1220 g/mol. The van der Waals surface area contributed by atoms with Crippen molar-refractivity contribution in [3.63, 3.8) is 0 Å². The Morgan fingerprint density at radius 3 is 1.46 bits per heavy atom. The number of benzene rings is 1. The number of nitrogens with one attached hydrogen (secondary N) is 3. The van der Waals surface area contributed by atoms with E-state index in [2.05, 4.69) is 25.9 Å². The number of Topliss-reactive ketones (excluding diaryl/α,β-unsaturated/α-hetero) is 1. The summed E-state index contributed by atoms with van der Waals surface area (Å²) in [5.74, 6) is -4.24. The van der Waals surface area contributed by atoms with Crippen molar-refractivity contribution in [2.24, 2.45) is 5.92 Å². The maximum absolute atomic E-state index is 13.6. The molecule has 0 fully saturated rings. The van der Waals surface area contributed by atoms with Crippen LogP contribution in [-0.2, 0) is 82.4 Å². The number of carboxylic acid groups (broad SMARTS) is 1. The number of carbonyl (C=O) groups excluding carboxylic acids is 4. The van der Waals surface area contributed by atoms with Crippen molar-refractivity contribution in [3.05, 3.63) is 93.7 Å². The monoisotopic (exact) mass is 1210 g/mol. The summed E-state index contributed by atoms with van der Waals surface area (Å²) >= 11 is 12.3. The van der Waals surface area contributed by atoms with Gasteiger partial charge in [0.05, 0.1) is 183 Å². The largest absolute Gasteiger partial charge is 0.481 e. The molecule has 0 spiro atoms. The molecule has 0 saturated carbocycles. The molecule has 3 rings (SSSR count). The van der Waals surface area contributed by atoms with Crippen LogP contribution in [-0.4, -0.2) is 216 Å². The summed E-state index contributed by atoms with van der Waals surface area (Å²) in [5, 5.41) is 18.3. The average Bonchev–Trinajstić information content (AvgIpc) is 3.55. The number of ketones is 1. The maximum atomic E-state index is 13.6. The molecule has 466 valence electrons. The van der Waals surface area contributed by atoms with Crippen molar-refractivity contribution in [2.45, 2.75) is 57.4 Å². The van der Waals surface area contributed by atoms with Crippen molar-refractivity contribution >= 4 is 52.7 Å². The zero-order valence-corrected chi connectivity index (χ0v) is 48.9. The maximum Gasteiger partial charge on any atom is 0.305 e. The molecular formula is C57H84Cl2FN5O18. The quantitative estimate of drug-likeness (QED) is 0.0424. The number of unbranched alkanes of at least 4 members (excludes halogenated alkanes) is 2. The molecule has 0 aliphatic carbocycles. The van der Waals surface area contributed by atoms with E-state index in [-0.39, 0.29) is 72.2 Å². The number of rotatable bonds is 55. The summed E-state index contributed by atoms with van der Waals surface area (Å²) in [6.45, 7) is 9.48. The molecular weight excluding hydrogens is 1130 g/mol. The second-order valence-electron chi connectivity index (χ2n) is 18.2. The Kier molecular flexibility index (Phi) is 43.0. The third-order valence-corrected chi connectivity index (χ3v) is 12.0. The van der Waals surface area contributed by atoms with E-state index >= 15 is 0 Å². The molecule has 2 atom stereocenters. The highest BCUT2D eigenvalue weighted by molar-refractivity contribution is 6.34. The number of halogens is 3. The Bertz CT molecular complexity index is 2160. The molecule has 2 heterocycles. The van der Waals surface area contributed by atoms with Crippen LogP contribution >= 0.6 is 23.2 Å². The molecule has 26 heteroatoms. The van der Waals surface area contributed by atoms with Crippen molar-refractivity contribution in [2.75, 3.05) is 172 Å². The second kappa shape index (κ2) is 49.4. The molecule has 83 heavy (non-hydrogen) atoms. The van der Waals surface area contributed by atoms with Crippen LogP contribution in [0.25, 0.3) is 0 Å². The highest BCUT2D eigenvalue weighted by Crippen LogP contribution is 2.26. The topological polar surface area (TPSA) is 278 Å². The van der Waals surface area contributed by atoms with Crippen LogP contribution in [0.5, 0.6) is 0 Å². The van der Waals surface area contributed by atoms with Gasteiger partial charge in [0.15, 0.2) is 0 Å². The fraction of sp³-hybridized carbons (Fsp3) is 0.632. The van der Waals surface area contributed by atoms with Crippen LogP contribution in [0.15, 0.2) is 60.9 Å². The van der Waals surface area contributed by atoms with Gasteiger partial charge in [0.1, 0.15) is 5.78 Å². The molecule has 2 aromatic heterocycles. The molecule has 4 N–H and O–H groups in total.